The maximum Gasteiger partial charge on any atom is 0.230 e. The zero-order valence-corrected chi connectivity index (χ0v) is 14.3. The molecule has 0 unspecified atom stereocenters. The molecule has 0 N–H and O–H groups in total. The van der Waals surface area contributed by atoms with Crippen molar-refractivity contribution in [3.8, 4) is 0 Å². The van der Waals surface area contributed by atoms with Gasteiger partial charge in [-0.2, -0.15) is 0 Å². The van der Waals surface area contributed by atoms with Gasteiger partial charge in [-0.25, -0.2) is 0 Å². The smallest absolute Gasteiger partial charge is 0.230 e. The number of carbonyl (C=O) groups excluding carboxylic acids is 1. The lowest BCUT2D eigenvalue weighted by Gasteiger charge is -2.39. The number of piperidine rings is 1. The van der Waals surface area contributed by atoms with E-state index >= 15 is 0 Å². The van der Waals surface area contributed by atoms with Crippen molar-refractivity contribution in [2.45, 2.75) is 45.6 Å². The summed E-state index contributed by atoms with van der Waals surface area (Å²) in [5, 5.41) is 0. The van der Waals surface area contributed by atoms with E-state index in [1.807, 2.05) is 11.3 Å². The second-order valence-electron chi connectivity index (χ2n) is 7.55. The second kappa shape index (κ2) is 5.64. The van der Waals surface area contributed by atoms with Gasteiger partial charge in [0.25, 0.3) is 0 Å². The molecule has 1 aromatic rings. The topological polar surface area (TPSA) is 23.6 Å². The van der Waals surface area contributed by atoms with Gasteiger partial charge in [0.15, 0.2) is 0 Å². The van der Waals surface area contributed by atoms with Crippen molar-refractivity contribution in [3.63, 3.8) is 0 Å². The highest BCUT2D eigenvalue weighted by Crippen LogP contribution is 2.42. The lowest BCUT2D eigenvalue weighted by Crippen LogP contribution is -2.50. The molecule has 120 valence electrons. The van der Waals surface area contributed by atoms with Crippen LogP contribution in [-0.2, 0) is 11.3 Å². The molecule has 2 saturated heterocycles. The number of aryl methyl sites for hydroxylation is 1. The minimum absolute atomic E-state index is 0.0561. The number of hydrogen-bond donors (Lipinski definition) is 0. The fourth-order valence-electron chi connectivity index (χ4n) is 4.20. The Morgan fingerprint density at radius 2 is 2.14 bits per heavy atom. The Kier molecular flexibility index (Phi) is 3.77. The average molecular weight is 318 g/mol. The fourth-order valence-corrected chi connectivity index (χ4v) is 5.13. The molecular weight excluding hydrogens is 292 g/mol. The lowest BCUT2D eigenvalue weighted by molar-refractivity contribution is -0.145. The Balaban J connectivity index is 1.41. The fraction of sp³-hybridized carbons (Fsp3) is 0.722. The summed E-state index contributed by atoms with van der Waals surface area (Å²) in [7, 11) is 0. The van der Waals surface area contributed by atoms with Gasteiger partial charge in [0.2, 0.25) is 5.91 Å². The van der Waals surface area contributed by atoms with Crippen LogP contribution in [0.15, 0.2) is 12.1 Å². The second-order valence-corrected chi connectivity index (χ2v) is 8.92. The van der Waals surface area contributed by atoms with Gasteiger partial charge in [-0.3, -0.25) is 9.69 Å². The molecule has 3 fully saturated rings. The third-order valence-electron chi connectivity index (χ3n) is 5.61. The molecule has 1 aliphatic carbocycles. The first kappa shape index (κ1) is 14.7. The Morgan fingerprint density at radius 3 is 2.86 bits per heavy atom. The van der Waals surface area contributed by atoms with Gasteiger partial charge < -0.3 is 4.90 Å². The van der Waals surface area contributed by atoms with E-state index in [4.69, 9.17) is 0 Å². The zero-order valence-electron chi connectivity index (χ0n) is 13.5. The van der Waals surface area contributed by atoms with Crippen molar-refractivity contribution in [1.82, 2.24) is 9.80 Å². The van der Waals surface area contributed by atoms with E-state index in [9.17, 15) is 4.79 Å². The minimum Gasteiger partial charge on any atom is -0.342 e. The van der Waals surface area contributed by atoms with Crippen LogP contribution in [0.3, 0.4) is 0 Å². The first-order valence-electron chi connectivity index (χ1n) is 8.72. The summed E-state index contributed by atoms with van der Waals surface area (Å²) < 4.78 is 0. The van der Waals surface area contributed by atoms with Crippen molar-refractivity contribution in [2.75, 3.05) is 26.2 Å². The quantitative estimate of drug-likeness (QED) is 0.850. The molecule has 1 saturated carbocycles. The number of amides is 1. The number of hydrogen-bond acceptors (Lipinski definition) is 3. The highest BCUT2D eigenvalue weighted by Gasteiger charge is 2.48. The number of likely N-dealkylation sites (tertiary alicyclic amines) is 2. The third-order valence-corrected chi connectivity index (χ3v) is 6.59. The standard InChI is InChI=1S/C18H26N2OS/c1-14-3-6-16(22-14)12-19-10-8-18(13-19)7-2-9-20(17(18)21)11-15-4-5-15/h3,6,15H,2,4-5,7-13H2,1H3/t18-/m1/s1. The molecule has 1 spiro atoms. The lowest BCUT2D eigenvalue weighted by atomic mass is 9.78. The highest BCUT2D eigenvalue weighted by atomic mass is 32.1. The number of carbonyl (C=O) groups is 1. The van der Waals surface area contributed by atoms with E-state index in [0.717, 1.165) is 51.5 Å². The molecule has 3 heterocycles. The molecule has 0 bridgehead atoms. The average Bonchev–Trinajstić information content (AvgIpc) is 3.09. The van der Waals surface area contributed by atoms with E-state index in [-0.39, 0.29) is 5.41 Å². The van der Waals surface area contributed by atoms with Crippen molar-refractivity contribution in [1.29, 1.82) is 0 Å². The Bertz CT molecular complexity index is 565. The molecule has 0 radical (unpaired) electrons. The molecule has 3 nitrogen and oxygen atoms in total. The summed E-state index contributed by atoms with van der Waals surface area (Å²) in [5.74, 6) is 1.28. The van der Waals surface area contributed by atoms with Gasteiger partial charge in [0.05, 0.1) is 5.41 Å². The van der Waals surface area contributed by atoms with Crippen molar-refractivity contribution in [2.24, 2.45) is 11.3 Å². The number of rotatable bonds is 4. The van der Waals surface area contributed by atoms with E-state index in [1.54, 1.807) is 0 Å². The first-order chi connectivity index (χ1) is 10.6. The maximum absolute atomic E-state index is 13.0. The summed E-state index contributed by atoms with van der Waals surface area (Å²) in [5.41, 5.74) is -0.0561. The molecule has 2 aliphatic heterocycles. The summed E-state index contributed by atoms with van der Waals surface area (Å²) in [6.45, 7) is 7.28. The van der Waals surface area contributed by atoms with Crippen LogP contribution >= 0.6 is 11.3 Å². The van der Waals surface area contributed by atoms with Crippen LogP contribution in [0, 0.1) is 18.3 Å². The molecule has 1 aromatic heterocycles. The van der Waals surface area contributed by atoms with E-state index in [1.165, 1.54) is 29.0 Å². The SMILES string of the molecule is Cc1ccc(CN2CC[C@]3(CCCN(CC4CC4)C3=O)C2)s1. The molecular formula is C18H26N2OS. The Hall–Kier alpha value is -0.870. The third kappa shape index (κ3) is 2.83. The van der Waals surface area contributed by atoms with Crippen LogP contribution in [0.1, 0.15) is 41.9 Å². The van der Waals surface area contributed by atoms with Gasteiger partial charge in [-0.05, 0) is 63.6 Å². The van der Waals surface area contributed by atoms with Crippen molar-refractivity contribution < 1.29 is 4.79 Å². The Labute approximate surface area is 137 Å². The summed E-state index contributed by atoms with van der Waals surface area (Å²) in [4.78, 5) is 20.5. The monoisotopic (exact) mass is 318 g/mol. The normalized spacial score (nSPS) is 29.7. The summed E-state index contributed by atoms with van der Waals surface area (Å²) in [6, 6.07) is 4.45. The van der Waals surface area contributed by atoms with Crippen LogP contribution in [-0.4, -0.2) is 41.9 Å². The predicted molar refractivity (Wildman–Crippen MR) is 89.9 cm³/mol. The van der Waals surface area contributed by atoms with Gasteiger partial charge in [-0.15, -0.1) is 11.3 Å². The van der Waals surface area contributed by atoms with Crippen LogP contribution < -0.4 is 0 Å². The number of thiophene rings is 1. The maximum atomic E-state index is 13.0. The highest BCUT2D eigenvalue weighted by molar-refractivity contribution is 7.11. The number of nitrogens with zero attached hydrogens (tertiary/aromatic N) is 2. The predicted octanol–water partition coefficient (Wildman–Crippen LogP) is 3.28. The Morgan fingerprint density at radius 1 is 1.27 bits per heavy atom. The molecule has 22 heavy (non-hydrogen) atoms. The van der Waals surface area contributed by atoms with Crippen LogP contribution in [0.4, 0.5) is 0 Å². The van der Waals surface area contributed by atoms with Crippen LogP contribution in [0.25, 0.3) is 0 Å². The largest absolute Gasteiger partial charge is 0.342 e. The van der Waals surface area contributed by atoms with Crippen molar-refractivity contribution in [3.05, 3.63) is 21.9 Å². The molecule has 1 amide bonds. The first-order valence-corrected chi connectivity index (χ1v) is 9.53. The van der Waals surface area contributed by atoms with E-state index < -0.39 is 0 Å². The minimum atomic E-state index is -0.0561. The van der Waals surface area contributed by atoms with E-state index in [0.29, 0.717) is 5.91 Å². The van der Waals surface area contributed by atoms with Gasteiger partial charge >= 0.3 is 0 Å². The van der Waals surface area contributed by atoms with Crippen LogP contribution in [0.5, 0.6) is 0 Å². The zero-order chi connectivity index (χ0) is 15.2. The molecule has 4 heteroatoms. The molecule has 0 aromatic carbocycles. The van der Waals surface area contributed by atoms with Gasteiger partial charge in [0.1, 0.15) is 0 Å². The van der Waals surface area contributed by atoms with Crippen molar-refractivity contribution >= 4 is 17.2 Å². The van der Waals surface area contributed by atoms with Gasteiger partial charge in [0, 0.05) is 35.9 Å². The summed E-state index contributed by atoms with van der Waals surface area (Å²) in [6.07, 6.45) is 6.04. The molecule has 3 aliphatic rings. The molecule has 4 rings (SSSR count). The summed E-state index contributed by atoms with van der Waals surface area (Å²) >= 11 is 1.89. The molecule has 1 atom stereocenters. The van der Waals surface area contributed by atoms with Gasteiger partial charge in [-0.1, -0.05) is 0 Å². The van der Waals surface area contributed by atoms with E-state index in [2.05, 4.69) is 28.9 Å². The van der Waals surface area contributed by atoms with Crippen LogP contribution in [0.2, 0.25) is 0 Å².